The van der Waals surface area contributed by atoms with E-state index in [1.54, 1.807) is 0 Å². The maximum Gasteiger partial charge on any atom is 0.227 e. The van der Waals surface area contributed by atoms with E-state index in [-0.39, 0.29) is 11.8 Å². The highest BCUT2D eigenvalue weighted by atomic mass is 79.9. The first-order chi connectivity index (χ1) is 7.49. The fourth-order valence-electron chi connectivity index (χ4n) is 2.01. The molecular weight excluding hydrogens is 266 g/mol. The Kier molecular flexibility index (Phi) is 3.06. The van der Waals surface area contributed by atoms with Crippen molar-refractivity contribution in [2.45, 2.75) is 27.2 Å². The molecule has 1 saturated carbocycles. The molecule has 0 saturated heterocycles. The first-order valence-corrected chi connectivity index (χ1v) is 6.36. The lowest BCUT2D eigenvalue weighted by Crippen LogP contribution is -2.16. The molecule has 3 heteroatoms. The number of amides is 1. The highest BCUT2D eigenvalue weighted by Gasteiger charge is 2.39. The molecule has 1 N–H and O–H groups in total. The van der Waals surface area contributed by atoms with Gasteiger partial charge in [-0.25, -0.2) is 0 Å². The minimum Gasteiger partial charge on any atom is -0.325 e. The Labute approximate surface area is 105 Å². The first kappa shape index (κ1) is 11.6. The smallest absolute Gasteiger partial charge is 0.227 e. The molecule has 2 rings (SSSR count). The summed E-state index contributed by atoms with van der Waals surface area (Å²) in [6.07, 6.45) is 1.03. The molecule has 1 aromatic carbocycles. The molecule has 0 spiro atoms. The zero-order chi connectivity index (χ0) is 11.9. The Balaban J connectivity index is 2.18. The summed E-state index contributed by atoms with van der Waals surface area (Å²) in [7, 11) is 0. The van der Waals surface area contributed by atoms with Gasteiger partial charge in [0.25, 0.3) is 0 Å². The van der Waals surface area contributed by atoms with Crippen molar-refractivity contribution in [3.05, 3.63) is 27.7 Å². The molecule has 2 nitrogen and oxygen atoms in total. The fraction of sp³-hybridized carbons (Fsp3) is 0.462. The Morgan fingerprint density at radius 3 is 2.31 bits per heavy atom. The zero-order valence-corrected chi connectivity index (χ0v) is 11.4. The number of halogens is 1. The number of carbonyl (C=O) groups excluding carboxylic acids is 1. The molecule has 0 aromatic heterocycles. The molecule has 1 aliphatic rings. The average Bonchev–Trinajstić information content (AvgIpc) is 2.88. The number of nitrogens with one attached hydrogen (secondary N) is 1. The minimum atomic E-state index is 0.168. The maximum absolute atomic E-state index is 11.9. The van der Waals surface area contributed by atoms with Gasteiger partial charge in [-0.3, -0.25) is 4.79 Å². The van der Waals surface area contributed by atoms with Crippen molar-refractivity contribution >= 4 is 27.5 Å². The molecule has 1 aliphatic carbocycles. The van der Waals surface area contributed by atoms with Crippen LogP contribution in [0.3, 0.4) is 0 Å². The van der Waals surface area contributed by atoms with Crippen LogP contribution in [0.25, 0.3) is 0 Å². The zero-order valence-electron chi connectivity index (χ0n) is 9.80. The predicted molar refractivity (Wildman–Crippen MR) is 69.5 cm³/mol. The van der Waals surface area contributed by atoms with Gasteiger partial charge < -0.3 is 5.32 Å². The van der Waals surface area contributed by atoms with Crippen LogP contribution in [0, 0.1) is 25.7 Å². The molecule has 0 aliphatic heterocycles. The van der Waals surface area contributed by atoms with E-state index in [0.717, 1.165) is 27.7 Å². The summed E-state index contributed by atoms with van der Waals surface area (Å²) in [4.78, 5) is 11.9. The third-order valence-electron chi connectivity index (χ3n) is 3.19. The molecular formula is C13H16BrNO. The van der Waals surface area contributed by atoms with Gasteiger partial charge in [-0.2, -0.15) is 0 Å². The topological polar surface area (TPSA) is 29.1 Å². The van der Waals surface area contributed by atoms with Crippen LogP contribution in [0.5, 0.6) is 0 Å². The molecule has 0 radical (unpaired) electrons. The molecule has 1 amide bonds. The lowest BCUT2D eigenvalue weighted by atomic mass is 10.1. The van der Waals surface area contributed by atoms with Gasteiger partial charge in [-0.15, -0.1) is 0 Å². The maximum atomic E-state index is 11.9. The van der Waals surface area contributed by atoms with E-state index in [1.807, 2.05) is 26.0 Å². The van der Waals surface area contributed by atoms with Crippen LogP contribution in [0.1, 0.15) is 24.5 Å². The highest BCUT2D eigenvalue weighted by molar-refractivity contribution is 9.10. The van der Waals surface area contributed by atoms with Crippen LogP contribution < -0.4 is 5.32 Å². The van der Waals surface area contributed by atoms with Crippen LogP contribution >= 0.6 is 15.9 Å². The van der Waals surface area contributed by atoms with Gasteiger partial charge in [0.05, 0.1) is 0 Å². The quantitative estimate of drug-likeness (QED) is 0.881. The van der Waals surface area contributed by atoms with Gasteiger partial charge >= 0.3 is 0 Å². The monoisotopic (exact) mass is 281 g/mol. The van der Waals surface area contributed by atoms with Gasteiger partial charge in [0.1, 0.15) is 0 Å². The van der Waals surface area contributed by atoms with Crippen molar-refractivity contribution < 1.29 is 4.79 Å². The van der Waals surface area contributed by atoms with E-state index >= 15 is 0 Å². The average molecular weight is 282 g/mol. The molecule has 1 fully saturated rings. The van der Waals surface area contributed by atoms with Gasteiger partial charge in [0.15, 0.2) is 0 Å². The molecule has 0 bridgehead atoms. The van der Waals surface area contributed by atoms with Gasteiger partial charge in [0, 0.05) is 16.1 Å². The number of hydrogen-bond acceptors (Lipinski definition) is 1. The summed E-state index contributed by atoms with van der Waals surface area (Å²) < 4.78 is 1.06. The van der Waals surface area contributed by atoms with E-state index in [1.165, 1.54) is 0 Å². The second kappa shape index (κ2) is 4.21. The molecule has 2 unspecified atom stereocenters. The lowest BCUT2D eigenvalue weighted by molar-refractivity contribution is -0.117. The second-order valence-electron chi connectivity index (χ2n) is 4.72. The van der Waals surface area contributed by atoms with E-state index < -0.39 is 0 Å². The highest BCUT2D eigenvalue weighted by Crippen LogP contribution is 2.39. The Hall–Kier alpha value is -0.830. The lowest BCUT2D eigenvalue weighted by Gasteiger charge is -2.12. The summed E-state index contributed by atoms with van der Waals surface area (Å²) in [5.74, 6) is 0.944. The SMILES string of the molecule is Cc1cc(Br)cc(C)c1NC(=O)C1CC1C. The van der Waals surface area contributed by atoms with Crippen molar-refractivity contribution in [1.82, 2.24) is 0 Å². The molecule has 2 atom stereocenters. The molecule has 1 aromatic rings. The molecule has 86 valence electrons. The van der Waals surface area contributed by atoms with Crippen molar-refractivity contribution in [1.29, 1.82) is 0 Å². The number of anilines is 1. The van der Waals surface area contributed by atoms with Crippen LogP contribution in [0.15, 0.2) is 16.6 Å². The van der Waals surface area contributed by atoms with Gasteiger partial charge in [0.2, 0.25) is 5.91 Å². The summed E-state index contributed by atoms with van der Waals surface area (Å²) in [5, 5.41) is 3.04. The predicted octanol–water partition coefficient (Wildman–Crippen LogP) is 3.66. The summed E-state index contributed by atoms with van der Waals surface area (Å²) in [6.45, 7) is 6.15. The first-order valence-electron chi connectivity index (χ1n) is 5.56. The van der Waals surface area contributed by atoms with Gasteiger partial charge in [-0.1, -0.05) is 22.9 Å². The van der Waals surface area contributed by atoms with Crippen molar-refractivity contribution in [2.75, 3.05) is 5.32 Å². The third kappa shape index (κ3) is 2.29. The van der Waals surface area contributed by atoms with E-state index in [0.29, 0.717) is 5.92 Å². The summed E-state index contributed by atoms with van der Waals surface area (Å²) in [6, 6.07) is 4.05. The second-order valence-corrected chi connectivity index (χ2v) is 5.64. The van der Waals surface area contributed by atoms with E-state index in [4.69, 9.17) is 0 Å². The number of rotatable bonds is 2. The minimum absolute atomic E-state index is 0.168. The van der Waals surface area contributed by atoms with Crippen molar-refractivity contribution in [2.24, 2.45) is 11.8 Å². The normalized spacial score (nSPS) is 23.0. The van der Waals surface area contributed by atoms with Crippen molar-refractivity contribution in [3.8, 4) is 0 Å². The number of carbonyl (C=O) groups is 1. The number of aryl methyl sites for hydroxylation is 2. The van der Waals surface area contributed by atoms with E-state index in [9.17, 15) is 4.79 Å². The Morgan fingerprint density at radius 2 is 1.88 bits per heavy atom. The van der Waals surface area contributed by atoms with Gasteiger partial charge in [-0.05, 0) is 49.4 Å². The van der Waals surface area contributed by atoms with Crippen LogP contribution in [0.2, 0.25) is 0 Å². The Morgan fingerprint density at radius 1 is 1.38 bits per heavy atom. The van der Waals surface area contributed by atoms with Crippen LogP contribution in [-0.2, 0) is 4.79 Å². The van der Waals surface area contributed by atoms with E-state index in [2.05, 4.69) is 28.2 Å². The summed E-state index contributed by atoms with van der Waals surface area (Å²) in [5.41, 5.74) is 3.18. The molecule has 16 heavy (non-hydrogen) atoms. The third-order valence-corrected chi connectivity index (χ3v) is 3.65. The standard InChI is InChI=1S/C13H16BrNO/c1-7-6-11(7)13(16)15-12-8(2)4-10(14)5-9(12)3/h4-5,7,11H,6H2,1-3H3,(H,15,16). The number of hydrogen-bond donors (Lipinski definition) is 1. The van der Waals surface area contributed by atoms with Crippen molar-refractivity contribution in [3.63, 3.8) is 0 Å². The summed E-state index contributed by atoms with van der Waals surface area (Å²) >= 11 is 3.45. The molecule has 0 heterocycles. The largest absolute Gasteiger partial charge is 0.325 e. The Bertz CT molecular complexity index is 419. The van der Waals surface area contributed by atoms with Crippen LogP contribution in [-0.4, -0.2) is 5.91 Å². The number of benzene rings is 1. The van der Waals surface area contributed by atoms with Crippen LogP contribution in [0.4, 0.5) is 5.69 Å². The fourth-order valence-corrected chi connectivity index (χ4v) is 2.70.